The summed E-state index contributed by atoms with van der Waals surface area (Å²) in [7, 11) is 1.54. The molecule has 0 saturated carbocycles. The lowest BCUT2D eigenvalue weighted by molar-refractivity contribution is 0.0265. The molecule has 0 bridgehead atoms. The number of aliphatic hydroxyl groups excluding tert-OH is 1. The number of carbonyl (C=O) groups excluding carboxylic acids is 2. The van der Waals surface area contributed by atoms with Crippen LogP contribution in [-0.2, 0) is 16.1 Å². The molecule has 0 fully saturated rings. The molecule has 0 saturated heterocycles. The van der Waals surface area contributed by atoms with Gasteiger partial charge < -0.3 is 19.3 Å². The highest BCUT2D eigenvalue weighted by molar-refractivity contribution is 5.90. The largest absolute Gasteiger partial charge is 0.497 e. The topological polar surface area (TPSA) is 82.1 Å². The van der Waals surface area contributed by atoms with Gasteiger partial charge in [0.2, 0.25) is 0 Å². The van der Waals surface area contributed by atoms with Crippen LogP contribution in [0.25, 0.3) is 0 Å². The molecule has 2 aromatic rings. The van der Waals surface area contributed by atoms with E-state index in [1.165, 1.54) is 0 Å². The first-order chi connectivity index (χ1) is 11.6. The van der Waals surface area contributed by atoms with Gasteiger partial charge in [-0.3, -0.25) is 0 Å². The number of aliphatic hydroxyl groups is 1. The van der Waals surface area contributed by atoms with Gasteiger partial charge in [0.15, 0.2) is 0 Å². The van der Waals surface area contributed by atoms with Gasteiger partial charge in [0.05, 0.1) is 24.8 Å². The molecule has 0 radical (unpaired) electrons. The molecule has 0 aliphatic carbocycles. The van der Waals surface area contributed by atoms with E-state index in [9.17, 15) is 9.59 Å². The molecule has 0 aliphatic heterocycles. The highest BCUT2D eigenvalue weighted by Crippen LogP contribution is 2.12. The van der Waals surface area contributed by atoms with Crippen molar-refractivity contribution in [3.63, 3.8) is 0 Å². The van der Waals surface area contributed by atoms with Crippen LogP contribution >= 0.6 is 0 Å². The van der Waals surface area contributed by atoms with Crippen molar-refractivity contribution < 1.29 is 28.9 Å². The van der Waals surface area contributed by atoms with Crippen LogP contribution in [0.3, 0.4) is 0 Å². The number of hydrogen-bond donors (Lipinski definition) is 1. The standard InChI is InChI=1S/C18H18O6/c1-22-16-8-6-15(7-9-16)18(21)24-11-10-23-17(20)14-4-2-13(12-19)3-5-14/h2-9,19H,10-12H2,1H3. The van der Waals surface area contributed by atoms with Crippen molar-refractivity contribution in [3.05, 3.63) is 65.2 Å². The Labute approximate surface area is 139 Å². The Morgan fingerprint density at radius 2 is 1.29 bits per heavy atom. The smallest absolute Gasteiger partial charge is 0.338 e. The molecular formula is C18H18O6. The van der Waals surface area contributed by atoms with Crippen LogP contribution in [0.4, 0.5) is 0 Å². The van der Waals surface area contributed by atoms with Gasteiger partial charge in [-0.2, -0.15) is 0 Å². The van der Waals surface area contributed by atoms with Crippen LogP contribution in [0.15, 0.2) is 48.5 Å². The molecule has 126 valence electrons. The molecule has 2 aromatic carbocycles. The molecule has 24 heavy (non-hydrogen) atoms. The highest BCUT2D eigenvalue weighted by atomic mass is 16.6. The third-order valence-corrected chi connectivity index (χ3v) is 3.25. The monoisotopic (exact) mass is 330 g/mol. The summed E-state index contributed by atoms with van der Waals surface area (Å²) in [5, 5.41) is 8.94. The summed E-state index contributed by atoms with van der Waals surface area (Å²) >= 11 is 0. The van der Waals surface area contributed by atoms with Gasteiger partial charge >= 0.3 is 11.9 Å². The van der Waals surface area contributed by atoms with E-state index in [1.807, 2.05) is 0 Å². The molecular weight excluding hydrogens is 312 g/mol. The summed E-state index contributed by atoms with van der Waals surface area (Å²) < 4.78 is 15.1. The summed E-state index contributed by atoms with van der Waals surface area (Å²) in [6.45, 7) is -0.162. The van der Waals surface area contributed by atoms with Crippen molar-refractivity contribution >= 4 is 11.9 Å². The molecule has 1 N–H and O–H groups in total. The minimum Gasteiger partial charge on any atom is -0.497 e. The van der Waals surface area contributed by atoms with E-state index in [4.69, 9.17) is 19.3 Å². The Morgan fingerprint density at radius 3 is 1.71 bits per heavy atom. The van der Waals surface area contributed by atoms with E-state index in [2.05, 4.69) is 0 Å². The minimum absolute atomic E-state index is 0.0364. The van der Waals surface area contributed by atoms with Gasteiger partial charge in [-0.25, -0.2) is 9.59 Å². The molecule has 2 rings (SSSR count). The Hall–Kier alpha value is -2.86. The highest BCUT2D eigenvalue weighted by Gasteiger charge is 2.09. The quantitative estimate of drug-likeness (QED) is 0.619. The molecule has 0 spiro atoms. The van der Waals surface area contributed by atoms with Gasteiger partial charge in [-0.15, -0.1) is 0 Å². The predicted molar refractivity (Wildman–Crippen MR) is 85.9 cm³/mol. The first kappa shape index (κ1) is 17.5. The second-order valence-electron chi connectivity index (χ2n) is 4.86. The zero-order valence-electron chi connectivity index (χ0n) is 13.2. The summed E-state index contributed by atoms with van der Waals surface area (Å²) in [6, 6.07) is 12.9. The first-order valence-corrected chi connectivity index (χ1v) is 7.32. The van der Waals surface area contributed by atoms with Gasteiger partial charge in [0.25, 0.3) is 0 Å². The molecule has 0 heterocycles. The van der Waals surface area contributed by atoms with Crippen molar-refractivity contribution in [3.8, 4) is 5.75 Å². The molecule has 6 heteroatoms. The Kier molecular flexibility index (Phi) is 6.33. The number of rotatable bonds is 7. The van der Waals surface area contributed by atoms with Crippen LogP contribution < -0.4 is 4.74 Å². The number of benzene rings is 2. The lowest BCUT2D eigenvalue weighted by atomic mass is 10.1. The lowest BCUT2D eigenvalue weighted by Crippen LogP contribution is -2.14. The Morgan fingerprint density at radius 1 is 0.833 bits per heavy atom. The van der Waals surface area contributed by atoms with Gasteiger partial charge in [0.1, 0.15) is 19.0 Å². The normalized spacial score (nSPS) is 10.1. The van der Waals surface area contributed by atoms with E-state index in [-0.39, 0.29) is 19.8 Å². The van der Waals surface area contributed by atoms with Crippen molar-refractivity contribution in [2.45, 2.75) is 6.61 Å². The van der Waals surface area contributed by atoms with Crippen molar-refractivity contribution in [2.75, 3.05) is 20.3 Å². The van der Waals surface area contributed by atoms with Crippen LogP contribution in [0, 0.1) is 0 Å². The molecule has 0 atom stereocenters. The fourth-order valence-electron chi connectivity index (χ4n) is 1.91. The van der Waals surface area contributed by atoms with Crippen molar-refractivity contribution in [1.29, 1.82) is 0 Å². The maximum absolute atomic E-state index is 11.8. The number of ether oxygens (including phenoxy) is 3. The van der Waals surface area contributed by atoms with Crippen LogP contribution in [0.1, 0.15) is 26.3 Å². The summed E-state index contributed by atoms with van der Waals surface area (Å²) in [6.07, 6.45) is 0. The number of methoxy groups -OCH3 is 1. The number of carbonyl (C=O) groups is 2. The fraction of sp³-hybridized carbons (Fsp3) is 0.222. The summed E-state index contributed by atoms with van der Waals surface area (Å²) in [4.78, 5) is 23.6. The third-order valence-electron chi connectivity index (χ3n) is 3.25. The fourth-order valence-corrected chi connectivity index (χ4v) is 1.91. The van der Waals surface area contributed by atoms with Crippen LogP contribution in [0.2, 0.25) is 0 Å². The zero-order chi connectivity index (χ0) is 17.4. The maximum Gasteiger partial charge on any atom is 0.338 e. The average molecular weight is 330 g/mol. The minimum atomic E-state index is -0.514. The maximum atomic E-state index is 11.8. The molecule has 0 aromatic heterocycles. The van der Waals surface area contributed by atoms with E-state index in [1.54, 1.807) is 55.6 Å². The van der Waals surface area contributed by atoms with E-state index < -0.39 is 11.9 Å². The Bertz CT molecular complexity index is 614. The molecule has 6 nitrogen and oxygen atoms in total. The lowest BCUT2D eigenvalue weighted by Gasteiger charge is -2.07. The predicted octanol–water partition coefficient (Wildman–Crippen LogP) is 2.20. The van der Waals surface area contributed by atoms with E-state index >= 15 is 0 Å². The average Bonchev–Trinajstić information content (AvgIpc) is 2.65. The SMILES string of the molecule is COc1ccc(C(=O)OCCOC(=O)c2ccc(CO)cc2)cc1. The second kappa shape index (κ2) is 8.69. The van der Waals surface area contributed by atoms with E-state index in [0.717, 1.165) is 0 Å². The van der Waals surface area contributed by atoms with Crippen LogP contribution in [-0.4, -0.2) is 37.4 Å². The summed E-state index contributed by atoms with van der Waals surface area (Å²) in [5.74, 6) is -0.367. The van der Waals surface area contributed by atoms with Crippen molar-refractivity contribution in [2.24, 2.45) is 0 Å². The number of esters is 2. The van der Waals surface area contributed by atoms with Gasteiger partial charge in [-0.05, 0) is 42.0 Å². The molecule has 0 unspecified atom stereocenters. The number of hydrogen-bond acceptors (Lipinski definition) is 6. The summed E-state index contributed by atoms with van der Waals surface area (Å²) in [5.41, 5.74) is 1.47. The molecule has 0 aliphatic rings. The van der Waals surface area contributed by atoms with Gasteiger partial charge in [-0.1, -0.05) is 12.1 Å². The van der Waals surface area contributed by atoms with Crippen LogP contribution in [0.5, 0.6) is 5.75 Å². The first-order valence-electron chi connectivity index (χ1n) is 7.32. The third kappa shape index (κ3) is 4.82. The zero-order valence-corrected chi connectivity index (χ0v) is 13.2. The second-order valence-corrected chi connectivity index (χ2v) is 4.86. The molecule has 0 amide bonds. The van der Waals surface area contributed by atoms with E-state index in [0.29, 0.717) is 22.4 Å². The van der Waals surface area contributed by atoms with Gasteiger partial charge in [0, 0.05) is 0 Å². The Balaban J connectivity index is 1.74. The van der Waals surface area contributed by atoms with Crippen molar-refractivity contribution in [1.82, 2.24) is 0 Å².